The average molecular weight is 357 g/mol. The molecule has 0 unspecified atom stereocenters. The van der Waals surface area contributed by atoms with E-state index in [1.54, 1.807) is 17.7 Å². The second kappa shape index (κ2) is 7.80. The minimum Gasteiger partial charge on any atom is -0.395 e. The van der Waals surface area contributed by atoms with Crippen molar-refractivity contribution in [1.29, 1.82) is 0 Å². The van der Waals surface area contributed by atoms with Gasteiger partial charge in [0.1, 0.15) is 0 Å². The highest BCUT2D eigenvalue weighted by molar-refractivity contribution is 7.07. The molecule has 0 radical (unpaired) electrons. The average Bonchev–Trinajstić information content (AvgIpc) is 3.23. The quantitative estimate of drug-likeness (QED) is 0.705. The Kier molecular flexibility index (Phi) is 5.50. The monoisotopic (exact) mass is 357 g/mol. The lowest BCUT2D eigenvalue weighted by Crippen LogP contribution is -2.33. The summed E-state index contributed by atoms with van der Waals surface area (Å²) in [6, 6.07) is 7.65. The van der Waals surface area contributed by atoms with Crippen LogP contribution < -0.4 is 0 Å². The molecular formula is C19H23N3O2S. The van der Waals surface area contributed by atoms with Crippen LogP contribution in [0.4, 0.5) is 0 Å². The normalized spacial score (nSPS) is 11.4. The van der Waals surface area contributed by atoms with Gasteiger partial charge in [0, 0.05) is 25.2 Å². The molecule has 0 bridgehead atoms. The molecule has 6 heteroatoms. The van der Waals surface area contributed by atoms with E-state index in [1.807, 2.05) is 33.0 Å². The van der Waals surface area contributed by atoms with E-state index in [2.05, 4.69) is 30.3 Å². The number of imidazole rings is 1. The summed E-state index contributed by atoms with van der Waals surface area (Å²) in [5.74, 6) is 0.425. The zero-order valence-corrected chi connectivity index (χ0v) is 15.4. The summed E-state index contributed by atoms with van der Waals surface area (Å²) in [6.07, 6.45) is 1.70. The van der Waals surface area contributed by atoms with E-state index in [1.165, 1.54) is 0 Å². The first-order valence-electron chi connectivity index (χ1n) is 8.44. The van der Waals surface area contributed by atoms with E-state index in [4.69, 9.17) is 5.11 Å². The van der Waals surface area contributed by atoms with Crippen LogP contribution in [0.15, 0.2) is 41.4 Å². The van der Waals surface area contributed by atoms with Gasteiger partial charge in [-0.05, 0) is 46.5 Å². The third-order valence-electron chi connectivity index (χ3n) is 4.04. The first-order chi connectivity index (χ1) is 12.1. The number of aliphatic hydroxyl groups is 1. The molecule has 0 spiro atoms. The van der Waals surface area contributed by atoms with Gasteiger partial charge < -0.3 is 14.6 Å². The van der Waals surface area contributed by atoms with Crippen molar-refractivity contribution >= 4 is 28.3 Å². The van der Waals surface area contributed by atoms with Gasteiger partial charge in [0.15, 0.2) is 0 Å². The Morgan fingerprint density at radius 3 is 2.88 bits per heavy atom. The summed E-state index contributed by atoms with van der Waals surface area (Å²) in [6.45, 7) is 6.14. The lowest BCUT2D eigenvalue weighted by atomic mass is 10.1. The van der Waals surface area contributed by atoms with Crippen LogP contribution in [0.1, 0.15) is 29.8 Å². The van der Waals surface area contributed by atoms with Gasteiger partial charge >= 0.3 is 0 Å². The minimum atomic E-state index is 0.0264. The topological polar surface area (TPSA) is 58.4 Å². The second-order valence-corrected chi connectivity index (χ2v) is 7.36. The highest BCUT2D eigenvalue weighted by Crippen LogP contribution is 2.19. The molecular weight excluding hydrogens is 334 g/mol. The Hall–Kier alpha value is -2.18. The Balaban J connectivity index is 1.86. The Bertz CT molecular complexity index is 840. The van der Waals surface area contributed by atoms with Gasteiger partial charge in [-0.15, -0.1) is 0 Å². The molecule has 2 heterocycles. The smallest absolute Gasteiger partial charge is 0.254 e. The van der Waals surface area contributed by atoms with Crippen LogP contribution in [-0.4, -0.2) is 38.6 Å². The van der Waals surface area contributed by atoms with E-state index in [-0.39, 0.29) is 12.5 Å². The molecule has 3 rings (SSSR count). The number of aliphatic hydroxyl groups excluding tert-OH is 1. The SMILES string of the molecule is CC(C)CN(Cc1ccsc1)C(=O)c1ccc2c(c1)ncn2CCO. The summed E-state index contributed by atoms with van der Waals surface area (Å²) in [5, 5.41) is 13.2. The minimum absolute atomic E-state index is 0.0264. The number of aromatic nitrogens is 2. The fourth-order valence-electron chi connectivity index (χ4n) is 2.93. The predicted octanol–water partition coefficient (Wildman–Crippen LogP) is 3.39. The molecule has 0 saturated heterocycles. The maximum atomic E-state index is 13.0. The van der Waals surface area contributed by atoms with Gasteiger partial charge in [-0.25, -0.2) is 4.98 Å². The van der Waals surface area contributed by atoms with Gasteiger partial charge in [0.25, 0.3) is 5.91 Å². The lowest BCUT2D eigenvalue weighted by Gasteiger charge is -2.24. The van der Waals surface area contributed by atoms with Crippen LogP contribution in [0, 0.1) is 5.92 Å². The molecule has 2 aromatic heterocycles. The molecule has 0 aliphatic carbocycles. The Morgan fingerprint density at radius 2 is 2.20 bits per heavy atom. The molecule has 1 aromatic carbocycles. The number of benzene rings is 1. The van der Waals surface area contributed by atoms with Crippen molar-refractivity contribution < 1.29 is 9.90 Å². The van der Waals surface area contributed by atoms with Crippen LogP contribution in [0.3, 0.4) is 0 Å². The fourth-order valence-corrected chi connectivity index (χ4v) is 3.59. The largest absolute Gasteiger partial charge is 0.395 e. The number of thiophene rings is 1. The van der Waals surface area contributed by atoms with E-state index in [0.717, 1.165) is 16.6 Å². The third kappa shape index (κ3) is 4.08. The number of nitrogens with zero attached hydrogens (tertiary/aromatic N) is 3. The highest BCUT2D eigenvalue weighted by Gasteiger charge is 2.18. The molecule has 0 aliphatic heterocycles. The molecule has 1 N–H and O–H groups in total. The maximum absolute atomic E-state index is 13.0. The number of hydrogen-bond acceptors (Lipinski definition) is 4. The van der Waals surface area contributed by atoms with Crippen LogP contribution in [0.5, 0.6) is 0 Å². The van der Waals surface area contributed by atoms with Gasteiger partial charge in [-0.2, -0.15) is 11.3 Å². The molecule has 3 aromatic rings. The number of rotatable bonds is 7. The first kappa shape index (κ1) is 17.6. The lowest BCUT2D eigenvalue weighted by molar-refractivity contribution is 0.0723. The van der Waals surface area contributed by atoms with Crippen molar-refractivity contribution in [2.45, 2.75) is 26.9 Å². The predicted molar refractivity (Wildman–Crippen MR) is 101 cm³/mol. The van der Waals surface area contributed by atoms with E-state index >= 15 is 0 Å². The van der Waals surface area contributed by atoms with Crippen molar-refractivity contribution in [3.05, 3.63) is 52.5 Å². The Morgan fingerprint density at radius 1 is 1.36 bits per heavy atom. The van der Waals surface area contributed by atoms with Crippen molar-refractivity contribution in [2.75, 3.05) is 13.2 Å². The molecule has 5 nitrogen and oxygen atoms in total. The van der Waals surface area contributed by atoms with Crippen LogP contribution in [0.25, 0.3) is 11.0 Å². The van der Waals surface area contributed by atoms with Crippen molar-refractivity contribution in [3.63, 3.8) is 0 Å². The molecule has 25 heavy (non-hydrogen) atoms. The van der Waals surface area contributed by atoms with Gasteiger partial charge in [0.05, 0.1) is 24.0 Å². The maximum Gasteiger partial charge on any atom is 0.254 e. The number of hydrogen-bond donors (Lipinski definition) is 1. The summed E-state index contributed by atoms with van der Waals surface area (Å²) in [4.78, 5) is 19.3. The standard InChI is InChI=1S/C19H23N3O2S/c1-14(2)10-22(11-15-5-8-25-12-15)19(24)16-3-4-18-17(9-16)20-13-21(18)6-7-23/h3-5,8-9,12-14,23H,6-7,10-11H2,1-2H3. The molecule has 0 saturated carbocycles. The third-order valence-corrected chi connectivity index (χ3v) is 4.77. The summed E-state index contributed by atoms with van der Waals surface area (Å²) >= 11 is 1.65. The van der Waals surface area contributed by atoms with Crippen LogP contribution >= 0.6 is 11.3 Å². The zero-order chi connectivity index (χ0) is 17.8. The van der Waals surface area contributed by atoms with Crippen molar-refractivity contribution in [2.24, 2.45) is 5.92 Å². The first-order valence-corrected chi connectivity index (χ1v) is 9.39. The number of fused-ring (bicyclic) bond motifs is 1. The molecule has 0 aliphatic rings. The highest BCUT2D eigenvalue weighted by atomic mass is 32.1. The van der Waals surface area contributed by atoms with E-state index in [9.17, 15) is 4.79 Å². The van der Waals surface area contributed by atoms with Crippen LogP contribution in [0.2, 0.25) is 0 Å². The van der Waals surface area contributed by atoms with Crippen molar-refractivity contribution in [1.82, 2.24) is 14.5 Å². The number of carbonyl (C=O) groups excluding carboxylic acids is 1. The molecule has 132 valence electrons. The zero-order valence-electron chi connectivity index (χ0n) is 14.6. The van der Waals surface area contributed by atoms with Crippen LogP contribution in [-0.2, 0) is 13.1 Å². The molecule has 0 atom stereocenters. The van der Waals surface area contributed by atoms with Gasteiger partial charge in [-0.3, -0.25) is 4.79 Å². The van der Waals surface area contributed by atoms with Gasteiger partial charge in [0.2, 0.25) is 0 Å². The fraction of sp³-hybridized carbons (Fsp3) is 0.368. The van der Waals surface area contributed by atoms with E-state index in [0.29, 0.717) is 31.1 Å². The number of carbonyl (C=O) groups is 1. The molecule has 1 amide bonds. The summed E-state index contributed by atoms with van der Waals surface area (Å²) in [5.41, 5.74) is 3.52. The van der Waals surface area contributed by atoms with Crippen molar-refractivity contribution in [3.8, 4) is 0 Å². The number of amides is 1. The van der Waals surface area contributed by atoms with Gasteiger partial charge in [-0.1, -0.05) is 13.8 Å². The second-order valence-electron chi connectivity index (χ2n) is 6.58. The molecule has 0 fully saturated rings. The Labute approximate surface area is 151 Å². The summed E-state index contributed by atoms with van der Waals surface area (Å²) < 4.78 is 1.89. The van der Waals surface area contributed by atoms with E-state index < -0.39 is 0 Å². The summed E-state index contributed by atoms with van der Waals surface area (Å²) in [7, 11) is 0.